The molecule has 2 aromatic carbocycles. The summed E-state index contributed by atoms with van der Waals surface area (Å²) in [5.74, 6) is -0.583. The molecule has 1 fully saturated rings. The van der Waals surface area contributed by atoms with Gasteiger partial charge in [0.2, 0.25) is 5.91 Å². The molecule has 1 aliphatic heterocycles. The Bertz CT molecular complexity index is 1100. The second-order valence-corrected chi connectivity index (χ2v) is 8.51. The molecule has 0 unspecified atom stereocenters. The molecule has 1 aliphatic rings. The maximum absolute atomic E-state index is 13.5. The van der Waals surface area contributed by atoms with Gasteiger partial charge in [0, 0.05) is 55.6 Å². The van der Waals surface area contributed by atoms with E-state index in [4.69, 9.17) is 11.6 Å². The van der Waals surface area contributed by atoms with Crippen LogP contribution < -0.4 is 0 Å². The highest BCUT2D eigenvalue weighted by atomic mass is 35.5. The van der Waals surface area contributed by atoms with Gasteiger partial charge in [-0.25, -0.2) is 0 Å². The smallest absolute Gasteiger partial charge is 0.361 e. The van der Waals surface area contributed by atoms with Crippen molar-refractivity contribution in [3.05, 3.63) is 70.4 Å². The number of aromatic nitrogens is 1. The first-order chi connectivity index (χ1) is 15.3. The van der Waals surface area contributed by atoms with Crippen molar-refractivity contribution in [1.29, 1.82) is 0 Å². The predicted octanol–water partition coefficient (Wildman–Crippen LogP) is 5.53. The van der Waals surface area contributed by atoms with Crippen LogP contribution in [0.4, 0.5) is 13.2 Å². The number of nitrogens with zero attached hydrogens (tertiary/aromatic N) is 2. The van der Waals surface area contributed by atoms with E-state index in [9.17, 15) is 18.0 Å². The molecule has 1 atom stereocenters. The monoisotopic (exact) mass is 463 g/mol. The van der Waals surface area contributed by atoms with Crippen molar-refractivity contribution in [2.75, 3.05) is 32.7 Å². The number of likely N-dealkylation sites (N-methyl/N-ethyl adjacent to an activating group) is 1. The van der Waals surface area contributed by atoms with Gasteiger partial charge < -0.3 is 14.8 Å². The van der Waals surface area contributed by atoms with Gasteiger partial charge in [-0.15, -0.1) is 0 Å². The number of para-hydroxylation sites is 1. The lowest BCUT2D eigenvalue weighted by molar-refractivity contribution is -0.137. The highest BCUT2D eigenvalue weighted by Gasteiger charge is 2.35. The standard InChI is InChI=1S/C24H25ClF3N3O/c1-2-30-9-11-31(12-10-30)23(32)14-18(19-15-29-22-6-4-3-5-17(19)22)16-7-8-21(25)20(13-16)24(26,27)28/h3-8,13,15,18,29H,2,9-12,14H2,1H3/t18-/m1/s1. The summed E-state index contributed by atoms with van der Waals surface area (Å²) in [6.45, 7) is 5.88. The molecule has 8 heteroatoms. The number of fused-ring (bicyclic) bond motifs is 1. The quantitative estimate of drug-likeness (QED) is 0.540. The van der Waals surface area contributed by atoms with E-state index >= 15 is 0 Å². The average molecular weight is 464 g/mol. The molecular weight excluding hydrogens is 439 g/mol. The van der Waals surface area contributed by atoms with Gasteiger partial charge in [-0.3, -0.25) is 4.79 Å². The van der Waals surface area contributed by atoms with Gasteiger partial charge in [-0.1, -0.05) is 42.8 Å². The molecule has 0 aliphatic carbocycles. The van der Waals surface area contributed by atoms with Crippen molar-refractivity contribution in [3.63, 3.8) is 0 Å². The number of hydrogen-bond donors (Lipinski definition) is 1. The minimum Gasteiger partial charge on any atom is -0.361 e. The van der Waals surface area contributed by atoms with Crippen LogP contribution >= 0.6 is 11.6 Å². The zero-order valence-electron chi connectivity index (χ0n) is 17.8. The first kappa shape index (κ1) is 22.7. The van der Waals surface area contributed by atoms with Crippen LogP contribution in [0.25, 0.3) is 10.9 Å². The Morgan fingerprint density at radius 1 is 1.12 bits per heavy atom. The van der Waals surface area contributed by atoms with Crippen LogP contribution in [0.5, 0.6) is 0 Å². The van der Waals surface area contributed by atoms with Crippen molar-refractivity contribution < 1.29 is 18.0 Å². The van der Waals surface area contributed by atoms with Crippen LogP contribution in [-0.2, 0) is 11.0 Å². The lowest BCUT2D eigenvalue weighted by atomic mass is 9.87. The number of nitrogens with one attached hydrogen (secondary N) is 1. The van der Waals surface area contributed by atoms with E-state index in [0.29, 0.717) is 18.7 Å². The van der Waals surface area contributed by atoms with Crippen molar-refractivity contribution in [2.24, 2.45) is 0 Å². The molecule has 0 bridgehead atoms. The maximum Gasteiger partial charge on any atom is 0.417 e. The molecule has 2 heterocycles. The molecule has 4 nitrogen and oxygen atoms in total. The summed E-state index contributed by atoms with van der Waals surface area (Å²) < 4.78 is 40.6. The number of hydrogen-bond acceptors (Lipinski definition) is 2. The Kier molecular flexibility index (Phi) is 6.49. The Labute approximate surface area is 190 Å². The molecule has 170 valence electrons. The van der Waals surface area contributed by atoms with E-state index in [1.54, 1.807) is 12.3 Å². The highest BCUT2D eigenvalue weighted by molar-refractivity contribution is 6.31. The van der Waals surface area contributed by atoms with Crippen molar-refractivity contribution >= 4 is 28.4 Å². The third kappa shape index (κ3) is 4.64. The molecule has 0 spiro atoms. The third-order valence-corrected chi connectivity index (χ3v) is 6.58. The Morgan fingerprint density at radius 3 is 2.53 bits per heavy atom. The predicted molar refractivity (Wildman–Crippen MR) is 120 cm³/mol. The molecule has 1 amide bonds. The molecule has 0 saturated carbocycles. The van der Waals surface area contributed by atoms with E-state index in [-0.39, 0.29) is 17.4 Å². The van der Waals surface area contributed by atoms with Gasteiger partial charge in [-0.2, -0.15) is 13.2 Å². The van der Waals surface area contributed by atoms with Crippen molar-refractivity contribution in [2.45, 2.75) is 25.4 Å². The summed E-state index contributed by atoms with van der Waals surface area (Å²) in [7, 11) is 0. The zero-order chi connectivity index (χ0) is 22.9. The fraction of sp³-hybridized carbons (Fsp3) is 0.375. The van der Waals surface area contributed by atoms with Crippen LogP contribution in [0.1, 0.15) is 36.0 Å². The van der Waals surface area contributed by atoms with Crippen molar-refractivity contribution in [1.82, 2.24) is 14.8 Å². The second kappa shape index (κ2) is 9.16. The summed E-state index contributed by atoms with van der Waals surface area (Å²) in [6, 6.07) is 11.5. The number of halogens is 4. The minimum atomic E-state index is -4.57. The van der Waals surface area contributed by atoms with E-state index in [1.165, 1.54) is 6.07 Å². The average Bonchev–Trinajstić information content (AvgIpc) is 3.21. The Hall–Kier alpha value is -2.51. The van der Waals surface area contributed by atoms with Crippen molar-refractivity contribution in [3.8, 4) is 0 Å². The molecule has 32 heavy (non-hydrogen) atoms. The molecule has 1 N–H and O–H groups in total. The number of carbonyl (C=O) groups is 1. The lowest BCUT2D eigenvalue weighted by Gasteiger charge is -2.35. The topological polar surface area (TPSA) is 39.3 Å². The van der Waals surface area contributed by atoms with Gasteiger partial charge >= 0.3 is 6.18 Å². The van der Waals surface area contributed by atoms with Crippen LogP contribution in [0, 0.1) is 0 Å². The largest absolute Gasteiger partial charge is 0.417 e. The van der Waals surface area contributed by atoms with Crippen LogP contribution in [0.3, 0.4) is 0 Å². The summed E-state index contributed by atoms with van der Waals surface area (Å²) in [6.07, 6.45) is -2.69. The number of benzene rings is 2. The zero-order valence-corrected chi connectivity index (χ0v) is 18.5. The normalized spacial score (nSPS) is 16.5. The third-order valence-electron chi connectivity index (χ3n) is 6.25. The fourth-order valence-electron chi connectivity index (χ4n) is 4.38. The lowest BCUT2D eigenvalue weighted by Crippen LogP contribution is -2.48. The SMILES string of the molecule is CCN1CCN(C(=O)C[C@H](c2ccc(Cl)c(C(F)(F)F)c2)c2c[nH]c3ccccc23)CC1. The van der Waals surface area contributed by atoms with E-state index in [2.05, 4.69) is 16.8 Å². The van der Waals surface area contributed by atoms with Crippen LogP contribution in [0.15, 0.2) is 48.7 Å². The first-order valence-electron chi connectivity index (χ1n) is 10.7. The summed E-state index contributed by atoms with van der Waals surface area (Å²) in [5, 5.41) is 0.547. The van der Waals surface area contributed by atoms with Crippen LogP contribution in [-0.4, -0.2) is 53.4 Å². The minimum absolute atomic E-state index is 0.0560. The maximum atomic E-state index is 13.5. The molecule has 3 aromatic rings. The number of alkyl halides is 3. The number of piperazine rings is 1. The fourth-order valence-corrected chi connectivity index (χ4v) is 4.61. The highest BCUT2D eigenvalue weighted by Crippen LogP contribution is 2.40. The molecule has 1 aromatic heterocycles. The van der Waals surface area contributed by atoms with Crippen LogP contribution in [0.2, 0.25) is 5.02 Å². The van der Waals surface area contributed by atoms with Gasteiger partial charge in [0.05, 0.1) is 10.6 Å². The Morgan fingerprint density at radius 2 is 1.84 bits per heavy atom. The van der Waals surface area contributed by atoms with Gasteiger partial charge in [0.1, 0.15) is 0 Å². The first-order valence-corrected chi connectivity index (χ1v) is 11.1. The van der Waals surface area contributed by atoms with E-state index in [1.807, 2.05) is 29.2 Å². The summed E-state index contributed by atoms with van der Waals surface area (Å²) in [5.41, 5.74) is 1.22. The Balaban J connectivity index is 1.71. The summed E-state index contributed by atoms with van der Waals surface area (Å²) >= 11 is 5.85. The number of H-pyrrole nitrogens is 1. The molecule has 0 radical (unpaired) electrons. The van der Waals surface area contributed by atoms with E-state index in [0.717, 1.165) is 42.2 Å². The molecular formula is C24H25ClF3N3O. The van der Waals surface area contributed by atoms with Gasteiger partial charge in [0.15, 0.2) is 0 Å². The number of aromatic amines is 1. The van der Waals surface area contributed by atoms with Gasteiger partial charge in [0.25, 0.3) is 0 Å². The second-order valence-electron chi connectivity index (χ2n) is 8.10. The molecule has 1 saturated heterocycles. The number of carbonyl (C=O) groups excluding carboxylic acids is 1. The molecule has 4 rings (SSSR count). The number of rotatable bonds is 5. The van der Waals surface area contributed by atoms with E-state index < -0.39 is 17.7 Å². The summed E-state index contributed by atoms with van der Waals surface area (Å²) in [4.78, 5) is 20.5. The number of amides is 1. The van der Waals surface area contributed by atoms with Gasteiger partial charge in [-0.05, 0) is 35.9 Å².